The highest BCUT2D eigenvalue weighted by atomic mass is 16.6. The number of ether oxygens (including phenoxy) is 1. The van der Waals surface area contributed by atoms with E-state index in [0.717, 1.165) is 12.0 Å². The van der Waals surface area contributed by atoms with Crippen molar-refractivity contribution in [2.75, 3.05) is 0 Å². The summed E-state index contributed by atoms with van der Waals surface area (Å²) in [6.07, 6.45) is 1.67. The van der Waals surface area contributed by atoms with Gasteiger partial charge in [-0.15, -0.1) is 4.74 Å². The van der Waals surface area contributed by atoms with Gasteiger partial charge in [-0.2, -0.15) is 4.79 Å². The van der Waals surface area contributed by atoms with Crippen molar-refractivity contribution in [2.45, 2.75) is 39.2 Å². The first-order chi connectivity index (χ1) is 8.38. The summed E-state index contributed by atoms with van der Waals surface area (Å²) in [5.74, 6) is 0. The van der Waals surface area contributed by atoms with Gasteiger partial charge < -0.3 is 9.94 Å². The van der Waals surface area contributed by atoms with Crippen LogP contribution in [-0.2, 0) is 11.2 Å². The number of carbonyl (C=O) groups excluding carboxylic acids is 1. The Bertz CT molecular complexity index is 418. The second-order valence-electron chi connectivity index (χ2n) is 5.01. The van der Waals surface area contributed by atoms with E-state index < -0.39 is 11.7 Å². The SMILES string of the molecule is CC(C)(C)OC(=O)/[N+]([O-])=C/CCc1ccccc1. The standard InChI is InChI=1S/C14H19NO3/c1-14(2,3)18-13(16)15(17)11-7-10-12-8-5-4-6-9-12/h4-6,8-9,11H,7,10H2,1-3H3/b15-11-. The van der Waals surface area contributed by atoms with Crippen LogP contribution in [-0.4, -0.2) is 22.6 Å². The smallest absolute Gasteiger partial charge is 0.608 e. The van der Waals surface area contributed by atoms with Crippen molar-refractivity contribution in [3.05, 3.63) is 41.1 Å². The van der Waals surface area contributed by atoms with Crippen LogP contribution in [0.1, 0.15) is 32.8 Å². The highest BCUT2D eigenvalue weighted by Crippen LogP contribution is 2.07. The van der Waals surface area contributed by atoms with E-state index >= 15 is 0 Å². The van der Waals surface area contributed by atoms with Crippen molar-refractivity contribution in [3.8, 4) is 0 Å². The quantitative estimate of drug-likeness (QED) is 0.358. The number of carbonyl (C=O) groups is 1. The van der Waals surface area contributed by atoms with Crippen molar-refractivity contribution >= 4 is 12.3 Å². The monoisotopic (exact) mass is 249 g/mol. The molecular weight excluding hydrogens is 230 g/mol. The first-order valence-corrected chi connectivity index (χ1v) is 5.95. The molecule has 0 N–H and O–H groups in total. The lowest BCUT2D eigenvalue weighted by atomic mass is 10.1. The summed E-state index contributed by atoms with van der Waals surface area (Å²) in [4.78, 5) is 11.4. The van der Waals surface area contributed by atoms with Crippen molar-refractivity contribution in [1.82, 2.24) is 0 Å². The summed E-state index contributed by atoms with van der Waals surface area (Å²) in [7, 11) is 0. The maximum absolute atomic E-state index is 11.4. The zero-order valence-electron chi connectivity index (χ0n) is 11.1. The topological polar surface area (TPSA) is 52.4 Å². The molecule has 4 nitrogen and oxygen atoms in total. The Hall–Kier alpha value is -1.84. The summed E-state index contributed by atoms with van der Waals surface area (Å²) >= 11 is 0. The Kier molecular flexibility index (Phi) is 4.89. The molecule has 0 heterocycles. The average molecular weight is 249 g/mol. The molecule has 0 aromatic heterocycles. The Balaban J connectivity index is 2.45. The molecule has 0 saturated carbocycles. The van der Waals surface area contributed by atoms with Crippen LogP contribution in [0.3, 0.4) is 0 Å². The second-order valence-corrected chi connectivity index (χ2v) is 5.01. The van der Waals surface area contributed by atoms with Crippen LogP contribution in [0, 0.1) is 5.21 Å². The highest BCUT2D eigenvalue weighted by Gasteiger charge is 2.22. The summed E-state index contributed by atoms with van der Waals surface area (Å²) < 4.78 is 5.20. The second kappa shape index (κ2) is 6.19. The van der Waals surface area contributed by atoms with Gasteiger partial charge in [0.25, 0.3) is 0 Å². The summed E-state index contributed by atoms with van der Waals surface area (Å²) in [6, 6.07) is 9.79. The van der Waals surface area contributed by atoms with E-state index in [1.54, 1.807) is 20.8 Å². The molecule has 0 fully saturated rings. The Morgan fingerprint density at radius 2 is 1.94 bits per heavy atom. The first-order valence-electron chi connectivity index (χ1n) is 5.95. The van der Waals surface area contributed by atoms with Crippen LogP contribution in [0.4, 0.5) is 4.79 Å². The van der Waals surface area contributed by atoms with E-state index in [2.05, 4.69) is 0 Å². The molecule has 1 aromatic rings. The van der Waals surface area contributed by atoms with E-state index in [4.69, 9.17) is 4.74 Å². The lowest BCUT2D eigenvalue weighted by molar-refractivity contribution is -0.376. The predicted octanol–water partition coefficient (Wildman–Crippen LogP) is 3.14. The molecule has 0 bridgehead atoms. The largest absolute Gasteiger partial charge is 0.614 e. The fourth-order valence-electron chi connectivity index (χ4n) is 1.37. The fourth-order valence-corrected chi connectivity index (χ4v) is 1.37. The number of hydrogen-bond acceptors (Lipinski definition) is 3. The van der Waals surface area contributed by atoms with Gasteiger partial charge in [-0.3, -0.25) is 0 Å². The third kappa shape index (κ3) is 5.48. The van der Waals surface area contributed by atoms with Gasteiger partial charge in [0.15, 0.2) is 6.21 Å². The first kappa shape index (κ1) is 14.2. The van der Waals surface area contributed by atoms with E-state index in [1.165, 1.54) is 6.21 Å². The minimum absolute atomic E-state index is 0.258. The van der Waals surface area contributed by atoms with Gasteiger partial charge in [0.05, 0.1) is 0 Å². The minimum atomic E-state index is -0.865. The van der Waals surface area contributed by atoms with Gasteiger partial charge in [0.2, 0.25) is 0 Å². The maximum Gasteiger partial charge on any atom is 0.608 e. The van der Waals surface area contributed by atoms with Crippen LogP contribution < -0.4 is 0 Å². The normalized spacial score (nSPS) is 12.3. The Morgan fingerprint density at radius 1 is 1.33 bits per heavy atom. The molecule has 0 aliphatic rings. The van der Waals surface area contributed by atoms with Crippen LogP contribution in [0.15, 0.2) is 30.3 Å². The van der Waals surface area contributed by atoms with Crippen molar-refractivity contribution in [2.24, 2.45) is 0 Å². The third-order valence-electron chi connectivity index (χ3n) is 2.14. The van der Waals surface area contributed by atoms with Crippen LogP contribution in [0.5, 0.6) is 0 Å². The molecule has 0 spiro atoms. The number of aryl methyl sites for hydroxylation is 1. The van der Waals surface area contributed by atoms with Crippen molar-refractivity contribution in [1.29, 1.82) is 0 Å². The Morgan fingerprint density at radius 3 is 2.50 bits per heavy atom. The summed E-state index contributed by atoms with van der Waals surface area (Å²) in [6.45, 7) is 5.17. The summed E-state index contributed by atoms with van der Waals surface area (Å²) in [5.41, 5.74) is 0.485. The fraction of sp³-hybridized carbons (Fsp3) is 0.429. The van der Waals surface area contributed by atoms with Crippen LogP contribution in [0.2, 0.25) is 0 Å². The molecule has 98 valence electrons. The van der Waals surface area contributed by atoms with Gasteiger partial charge in [0, 0.05) is 6.42 Å². The molecule has 1 rings (SSSR count). The molecule has 0 saturated heterocycles. The minimum Gasteiger partial charge on any atom is -0.614 e. The van der Waals surface area contributed by atoms with E-state index in [-0.39, 0.29) is 4.74 Å². The van der Waals surface area contributed by atoms with Crippen molar-refractivity contribution < 1.29 is 14.3 Å². The number of rotatable bonds is 3. The van der Waals surface area contributed by atoms with E-state index in [1.807, 2.05) is 30.3 Å². The molecular formula is C14H19NO3. The van der Waals surface area contributed by atoms with Crippen LogP contribution in [0.25, 0.3) is 0 Å². The molecule has 18 heavy (non-hydrogen) atoms. The highest BCUT2D eigenvalue weighted by molar-refractivity contribution is 5.66. The summed E-state index contributed by atoms with van der Waals surface area (Å²) in [5, 5.41) is 11.4. The number of benzene rings is 1. The van der Waals surface area contributed by atoms with Crippen molar-refractivity contribution in [3.63, 3.8) is 0 Å². The molecule has 4 heteroatoms. The zero-order chi connectivity index (χ0) is 13.6. The Labute approximate surface area is 107 Å². The number of hydrogen-bond donors (Lipinski definition) is 0. The number of amides is 1. The molecule has 0 aliphatic heterocycles. The predicted molar refractivity (Wildman–Crippen MR) is 70.7 cm³/mol. The van der Waals surface area contributed by atoms with E-state index in [0.29, 0.717) is 6.42 Å². The zero-order valence-corrected chi connectivity index (χ0v) is 11.1. The van der Waals surface area contributed by atoms with Gasteiger partial charge in [-0.1, -0.05) is 30.3 Å². The van der Waals surface area contributed by atoms with E-state index in [9.17, 15) is 10.0 Å². The molecule has 1 amide bonds. The molecule has 1 aromatic carbocycles. The lowest BCUT2D eigenvalue weighted by Gasteiger charge is -2.16. The van der Waals surface area contributed by atoms with Gasteiger partial charge in [-0.05, 0) is 32.8 Å². The molecule has 0 atom stereocenters. The molecule has 0 unspecified atom stereocenters. The van der Waals surface area contributed by atoms with Gasteiger partial charge in [-0.25, -0.2) is 0 Å². The number of nitrogens with zero attached hydrogens (tertiary/aromatic N) is 1. The van der Waals surface area contributed by atoms with Crippen LogP contribution >= 0.6 is 0 Å². The molecule has 0 radical (unpaired) electrons. The lowest BCUT2D eigenvalue weighted by Crippen LogP contribution is -2.28. The molecule has 0 aliphatic carbocycles. The van der Waals surface area contributed by atoms with Gasteiger partial charge in [0.1, 0.15) is 5.60 Å². The number of hydroxylamine groups is 1. The third-order valence-corrected chi connectivity index (χ3v) is 2.14. The van der Waals surface area contributed by atoms with Gasteiger partial charge >= 0.3 is 6.09 Å². The maximum atomic E-state index is 11.4. The average Bonchev–Trinajstić information content (AvgIpc) is 2.28.